The van der Waals surface area contributed by atoms with E-state index in [-0.39, 0.29) is 0 Å². The number of methoxy groups -OCH3 is 1. The van der Waals surface area contributed by atoms with Crippen LogP contribution in [-0.2, 0) is 0 Å². The van der Waals surface area contributed by atoms with E-state index < -0.39 is 0 Å². The molecule has 2 heteroatoms. The lowest BCUT2D eigenvalue weighted by Gasteiger charge is -2.15. The van der Waals surface area contributed by atoms with Gasteiger partial charge in [0, 0.05) is 11.1 Å². The standard InChI is InChI=1S/C24H22O2/c1-17-13-20(10-9-19-7-5-4-6-8-19)14-18(2)24(17)22-15-21(16-25)11-12-23(22)26-3/h4-16H,1-3H3/b10-9+. The molecule has 0 bridgehead atoms. The SMILES string of the molecule is COc1ccc(C=O)cc1-c1c(C)cc(/C=C/c2ccccc2)cc1C. The first-order chi connectivity index (χ1) is 12.6. The maximum atomic E-state index is 11.2. The molecule has 0 heterocycles. The highest BCUT2D eigenvalue weighted by molar-refractivity contribution is 5.84. The predicted octanol–water partition coefficient (Wildman–Crippen LogP) is 5.96. The van der Waals surface area contributed by atoms with Gasteiger partial charge in [-0.05, 0) is 59.9 Å². The molecule has 0 saturated carbocycles. The summed E-state index contributed by atoms with van der Waals surface area (Å²) in [5, 5.41) is 0. The van der Waals surface area contributed by atoms with E-state index in [4.69, 9.17) is 4.74 Å². The number of aldehydes is 1. The third-order valence-electron chi connectivity index (χ3n) is 4.45. The minimum atomic E-state index is 0.646. The van der Waals surface area contributed by atoms with Crippen LogP contribution in [0, 0.1) is 13.8 Å². The van der Waals surface area contributed by atoms with Gasteiger partial charge < -0.3 is 4.74 Å². The molecule has 0 N–H and O–H groups in total. The highest BCUT2D eigenvalue weighted by Crippen LogP contribution is 2.36. The van der Waals surface area contributed by atoms with Crippen LogP contribution >= 0.6 is 0 Å². The molecular formula is C24H22O2. The second-order valence-electron chi connectivity index (χ2n) is 6.35. The minimum Gasteiger partial charge on any atom is -0.496 e. The first kappa shape index (κ1) is 17.7. The molecule has 0 unspecified atom stereocenters. The fraction of sp³-hybridized carbons (Fsp3) is 0.125. The molecule has 0 amide bonds. The highest BCUT2D eigenvalue weighted by atomic mass is 16.5. The van der Waals surface area contributed by atoms with Crippen LogP contribution in [0.15, 0.2) is 60.7 Å². The molecule has 0 atom stereocenters. The quantitative estimate of drug-likeness (QED) is 0.422. The molecule has 0 aliphatic rings. The van der Waals surface area contributed by atoms with E-state index in [1.807, 2.05) is 30.3 Å². The summed E-state index contributed by atoms with van der Waals surface area (Å²) in [5.74, 6) is 0.773. The van der Waals surface area contributed by atoms with Gasteiger partial charge in [0.2, 0.25) is 0 Å². The summed E-state index contributed by atoms with van der Waals surface area (Å²) in [6.45, 7) is 4.18. The average Bonchev–Trinajstić information content (AvgIpc) is 2.66. The summed E-state index contributed by atoms with van der Waals surface area (Å²) >= 11 is 0. The normalized spacial score (nSPS) is 10.9. The molecule has 0 saturated heterocycles. The molecule has 2 nitrogen and oxygen atoms in total. The van der Waals surface area contributed by atoms with Crippen LogP contribution in [0.5, 0.6) is 5.75 Å². The van der Waals surface area contributed by atoms with Gasteiger partial charge in [-0.25, -0.2) is 0 Å². The van der Waals surface area contributed by atoms with Crippen LogP contribution in [0.25, 0.3) is 23.3 Å². The van der Waals surface area contributed by atoms with Crippen LogP contribution in [0.2, 0.25) is 0 Å². The summed E-state index contributed by atoms with van der Waals surface area (Å²) in [7, 11) is 1.65. The van der Waals surface area contributed by atoms with Gasteiger partial charge in [0.1, 0.15) is 12.0 Å². The molecule has 0 fully saturated rings. The Labute approximate surface area is 154 Å². The Balaban J connectivity index is 2.03. The van der Waals surface area contributed by atoms with E-state index in [0.29, 0.717) is 5.56 Å². The smallest absolute Gasteiger partial charge is 0.150 e. The van der Waals surface area contributed by atoms with Crippen molar-refractivity contribution in [2.75, 3.05) is 7.11 Å². The zero-order valence-electron chi connectivity index (χ0n) is 15.3. The number of hydrogen-bond acceptors (Lipinski definition) is 2. The van der Waals surface area contributed by atoms with Crippen molar-refractivity contribution in [3.05, 3.63) is 88.5 Å². The Bertz CT molecular complexity index is 930. The van der Waals surface area contributed by atoms with Crippen molar-refractivity contribution >= 4 is 18.4 Å². The van der Waals surface area contributed by atoms with Crippen LogP contribution < -0.4 is 4.74 Å². The molecular weight excluding hydrogens is 320 g/mol. The van der Waals surface area contributed by atoms with Crippen LogP contribution in [0.3, 0.4) is 0 Å². The molecule has 3 aromatic rings. The molecule has 0 spiro atoms. The average molecular weight is 342 g/mol. The van der Waals surface area contributed by atoms with Crippen molar-refractivity contribution in [2.24, 2.45) is 0 Å². The van der Waals surface area contributed by atoms with Crippen LogP contribution in [0.4, 0.5) is 0 Å². The van der Waals surface area contributed by atoms with Gasteiger partial charge in [0.15, 0.2) is 0 Å². The molecule has 0 radical (unpaired) electrons. The van der Waals surface area contributed by atoms with E-state index in [9.17, 15) is 4.79 Å². The monoisotopic (exact) mass is 342 g/mol. The van der Waals surface area contributed by atoms with Crippen molar-refractivity contribution in [1.82, 2.24) is 0 Å². The minimum absolute atomic E-state index is 0.646. The van der Waals surface area contributed by atoms with Crippen LogP contribution in [0.1, 0.15) is 32.6 Å². The van der Waals surface area contributed by atoms with Crippen molar-refractivity contribution in [3.63, 3.8) is 0 Å². The van der Waals surface area contributed by atoms with E-state index >= 15 is 0 Å². The summed E-state index contributed by atoms with van der Waals surface area (Å²) in [4.78, 5) is 11.2. The van der Waals surface area contributed by atoms with E-state index in [2.05, 4.69) is 50.3 Å². The Hall–Kier alpha value is -3.13. The number of carbonyl (C=O) groups excluding carboxylic acids is 1. The topological polar surface area (TPSA) is 26.3 Å². The fourth-order valence-electron chi connectivity index (χ4n) is 3.27. The van der Waals surface area contributed by atoms with Crippen LogP contribution in [-0.4, -0.2) is 13.4 Å². The number of carbonyl (C=O) groups is 1. The molecule has 0 aliphatic heterocycles. The maximum Gasteiger partial charge on any atom is 0.150 e. The Morgan fingerprint density at radius 2 is 1.42 bits per heavy atom. The van der Waals surface area contributed by atoms with Crippen molar-refractivity contribution in [1.29, 1.82) is 0 Å². The lowest BCUT2D eigenvalue weighted by atomic mass is 9.92. The molecule has 3 rings (SSSR count). The first-order valence-corrected chi connectivity index (χ1v) is 8.60. The third-order valence-corrected chi connectivity index (χ3v) is 4.45. The summed E-state index contributed by atoms with van der Waals surface area (Å²) < 4.78 is 5.51. The number of rotatable bonds is 5. The van der Waals surface area contributed by atoms with Gasteiger partial charge in [0.25, 0.3) is 0 Å². The van der Waals surface area contributed by atoms with Crippen molar-refractivity contribution < 1.29 is 9.53 Å². The van der Waals surface area contributed by atoms with Gasteiger partial charge in [0.05, 0.1) is 7.11 Å². The maximum absolute atomic E-state index is 11.2. The van der Waals surface area contributed by atoms with Gasteiger partial charge in [-0.3, -0.25) is 4.79 Å². The lowest BCUT2D eigenvalue weighted by Crippen LogP contribution is -1.95. The second-order valence-corrected chi connectivity index (χ2v) is 6.35. The number of ether oxygens (including phenoxy) is 1. The van der Waals surface area contributed by atoms with Gasteiger partial charge in [-0.1, -0.05) is 54.6 Å². The Morgan fingerprint density at radius 3 is 2.04 bits per heavy atom. The Morgan fingerprint density at radius 1 is 0.769 bits per heavy atom. The van der Waals surface area contributed by atoms with E-state index in [1.54, 1.807) is 13.2 Å². The molecule has 130 valence electrons. The second kappa shape index (κ2) is 7.83. The molecule has 3 aromatic carbocycles. The summed E-state index contributed by atoms with van der Waals surface area (Å²) in [6.07, 6.45) is 5.10. The van der Waals surface area contributed by atoms with Gasteiger partial charge in [-0.15, -0.1) is 0 Å². The third kappa shape index (κ3) is 3.75. The predicted molar refractivity (Wildman–Crippen MR) is 109 cm³/mol. The molecule has 0 aliphatic carbocycles. The number of benzene rings is 3. The number of aryl methyl sites for hydroxylation is 2. The molecule has 0 aromatic heterocycles. The number of hydrogen-bond donors (Lipinski definition) is 0. The van der Waals surface area contributed by atoms with Gasteiger partial charge in [-0.2, -0.15) is 0 Å². The van der Waals surface area contributed by atoms with E-state index in [0.717, 1.165) is 39.9 Å². The van der Waals surface area contributed by atoms with Gasteiger partial charge >= 0.3 is 0 Å². The summed E-state index contributed by atoms with van der Waals surface area (Å²) in [5.41, 5.74) is 7.34. The largest absolute Gasteiger partial charge is 0.496 e. The Kier molecular flexibility index (Phi) is 5.33. The lowest BCUT2D eigenvalue weighted by molar-refractivity contribution is 0.112. The zero-order chi connectivity index (χ0) is 18.5. The van der Waals surface area contributed by atoms with E-state index in [1.165, 1.54) is 5.56 Å². The fourth-order valence-corrected chi connectivity index (χ4v) is 3.27. The molecule has 26 heavy (non-hydrogen) atoms. The van der Waals surface area contributed by atoms with Crippen molar-refractivity contribution in [3.8, 4) is 16.9 Å². The summed E-state index contributed by atoms with van der Waals surface area (Å²) in [6, 6.07) is 20.1. The highest BCUT2D eigenvalue weighted by Gasteiger charge is 2.13. The first-order valence-electron chi connectivity index (χ1n) is 8.60. The van der Waals surface area contributed by atoms with Crippen molar-refractivity contribution in [2.45, 2.75) is 13.8 Å². The zero-order valence-corrected chi connectivity index (χ0v) is 15.3.